The Balaban J connectivity index is 1.86. The van der Waals surface area contributed by atoms with Crippen LogP contribution in [0.15, 0.2) is 55.1 Å². The maximum Gasteiger partial charge on any atom is 0.279 e. The largest absolute Gasteiger partial charge is 0.490 e. The standard InChI is InChI=1S/C19H20F2N2O2/c1-3-10-25-16-7-4-14(5-8-16)12-23(2)13-19(24)22-18-11-15(20)6-9-17(18)21/h3-9,11H,1,10,12-13H2,2H3,(H,22,24)/p+1. The minimum atomic E-state index is -0.664. The topological polar surface area (TPSA) is 42.8 Å². The lowest BCUT2D eigenvalue weighted by Gasteiger charge is -2.14. The van der Waals surface area contributed by atoms with E-state index < -0.39 is 11.6 Å². The lowest BCUT2D eigenvalue weighted by molar-refractivity contribution is -0.885. The van der Waals surface area contributed by atoms with Crippen molar-refractivity contribution in [2.24, 2.45) is 0 Å². The number of anilines is 1. The molecule has 4 nitrogen and oxygen atoms in total. The van der Waals surface area contributed by atoms with Gasteiger partial charge in [-0.1, -0.05) is 12.7 Å². The van der Waals surface area contributed by atoms with Crippen molar-refractivity contribution in [1.82, 2.24) is 0 Å². The SMILES string of the molecule is C=CCOc1ccc(C[NH+](C)CC(=O)Nc2cc(F)ccc2F)cc1. The Hall–Kier alpha value is -2.73. The summed E-state index contributed by atoms with van der Waals surface area (Å²) < 4.78 is 32.1. The maximum absolute atomic E-state index is 13.5. The summed E-state index contributed by atoms with van der Waals surface area (Å²) in [6.45, 7) is 4.78. The van der Waals surface area contributed by atoms with E-state index in [1.807, 2.05) is 31.3 Å². The van der Waals surface area contributed by atoms with Crippen molar-refractivity contribution in [1.29, 1.82) is 0 Å². The second kappa shape index (κ2) is 8.94. The molecule has 25 heavy (non-hydrogen) atoms. The average molecular weight is 347 g/mol. The fraction of sp³-hybridized carbons (Fsp3) is 0.211. The minimum absolute atomic E-state index is 0.130. The van der Waals surface area contributed by atoms with Gasteiger partial charge in [-0.2, -0.15) is 0 Å². The summed E-state index contributed by atoms with van der Waals surface area (Å²) >= 11 is 0. The van der Waals surface area contributed by atoms with Gasteiger partial charge in [-0.15, -0.1) is 0 Å². The number of amides is 1. The number of benzene rings is 2. The zero-order valence-electron chi connectivity index (χ0n) is 14.0. The molecule has 2 N–H and O–H groups in total. The van der Waals surface area contributed by atoms with Crippen LogP contribution in [-0.4, -0.2) is 26.1 Å². The van der Waals surface area contributed by atoms with Crippen LogP contribution in [0.1, 0.15) is 5.56 Å². The molecule has 0 saturated carbocycles. The second-order valence-corrected chi connectivity index (χ2v) is 5.73. The third-order valence-electron chi connectivity index (χ3n) is 3.46. The summed E-state index contributed by atoms with van der Waals surface area (Å²) in [7, 11) is 1.85. The molecule has 1 unspecified atom stereocenters. The van der Waals surface area contributed by atoms with Gasteiger partial charge in [0, 0.05) is 11.6 Å². The van der Waals surface area contributed by atoms with Crippen molar-refractivity contribution in [3.8, 4) is 5.75 Å². The van der Waals surface area contributed by atoms with Crippen LogP contribution >= 0.6 is 0 Å². The van der Waals surface area contributed by atoms with Crippen LogP contribution < -0.4 is 15.0 Å². The van der Waals surface area contributed by atoms with Gasteiger partial charge in [0.25, 0.3) is 5.91 Å². The Labute approximate surface area is 145 Å². The average Bonchev–Trinajstić information content (AvgIpc) is 2.57. The van der Waals surface area contributed by atoms with E-state index in [2.05, 4.69) is 11.9 Å². The number of likely N-dealkylation sites (N-methyl/N-ethyl adjacent to an activating group) is 1. The van der Waals surface area contributed by atoms with E-state index in [1.54, 1.807) is 6.08 Å². The summed E-state index contributed by atoms with van der Waals surface area (Å²) in [6, 6.07) is 10.5. The van der Waals surface area contributed by atoms with Crippen molar-refractivity contribution in [2.75, 3.05) is 25.5 Å². The molecule has 1 amide bonds. The fourth-order valence-electron chi connectivity index (χ4n) is 2.33. The molecule has 0 spiro atoms. The number of hydrogen-bond acceptors (Lipinski definition) is 2. The molecular weight excluding hydrogens is 326 g/mol. The highest BCUT2D eigenvalue weighted by Crippen LogP contribution is 2.15. The summed E-state index contributed by atoms with van der Waals surface area (Å²) in [6.07, 6.45) is 1.67. The zero-order chi connectivity index (χ0) is 18.2. The summed E-state index contributed by atoms with van der Waals surface area (Å²) in [5, 5.41) is 2.40. The fourth-order valence-corrected chi connectivity index (χ4v) is 2.33. The minimum Gasteiger partial charge on any atom is -0.490 e. The molecule has 0 aliphatic rings. The van der Waals surface area contributed by atoms with E-state index >= 15 is 0 Å². The molecule has 132 valence electrons. The van der Waals surface area contributed by atoms with Gasteiger partial charge < -0.3 is 15.0 Å². The highest BCUT2D eigenvalue weighted by Gasteiger charge is 2.13. The summed E-state index contributed by atoms with van der Waals surface area (Å²) in [5.74, 6) is -0.896. The van der Waals surface area contributed by atoms with Crippen molar-refractivity contribution in [3.63, 3.8) is 0 Å². The highest BCUT2D eigenvalue weighted by molar-refractivity contribution is 5.91. The van der Waals surface area contributed by atoms with Gasteiger partial charge in [0.05, 0.1) is 12.7 Å². The molecular formula is C19H21F2N2O2+. The van der Waals surface area contributed by atoms with Crippen LogP contribution in [0.3, 0.4) is 0 Å². The van der Waals surface area contributed by atoms with E-state index in [9.17, 15) is 13.6 Å². The second-order valence-electron chi connectivity index (χ2n) is 5.73. The van der Waals surface area contributed by atoms with Gasteiger partial charge >= 0.3 is 0 Å². The van der Waals surface area contributed by atoms with E-state index in [0.29, 0.717) is 13.2 Å². The van der Waals surface area contributed by atoms with Crippen molar-refractivity contribution in [3.05, 3.63) is 72.3 Å². The molecule has 0 radical (unpaired) electrons. The molecule has 2 aromatic carbocycles. The number of carbonyl (C=O) groups is 1. The first-order valence-electron chi connectivity index (χ1n) is 7.86. The first kappa shape index (κ1) is 18.6. The van der Waals surface area contributed by atoms with Gasteiger partial charge in [-0.05, 0) is 36.4 Å². The third kappa shape index (κ3) is 6.00. The normalized spacial score (nSPS) is 11.6. The monoisotopic (exact) mass is 347 g/mol. The van der Waals surface area contributed by atoms with Crippen LogP contribution in [0, 0.1) is 11.6 Å². The van der Waals surface area contributed by atoms with E-state index in [0.717, 1.165) is 34.4 Å². The third-order valence-corrected chi connectivity index (χ3v) is 3.46. The number of ether oxygens (including phenoxy) is 1. The number of carbonyl (C=O) groups excluding carboxylic acids is 1. The molecule has 2 rings (SSSR count). The molecule has 0 heterocycles. The smallest absolute Gasteiger partial charge is 0.279 e. The van der Waals surface area contributed by atoms with Gasteiger partial charge in [0.15, 0.2) is 6.54 Å². The predicted molar refractivity (Wildman–Crippen MR) is 92.6 cm³/mol. The number of halogens is 2. The first-order chi connectivity index (χ1) is 12.0. The number of quaternary nitrogens is 1. The Morgan fingerprint density at radius 2 is 1.96 bits per heavy atom. The van der Waals surface area contributed by atoms with Crippen molar-refractivity contribution in [2.45, 2.75) is 6.54 Å². The Kier molecular flexibility index (Phi) is 6.65. The lowest BCUT2D eigenvalue weighted by atomic mass is 10.2. The molecule has 0 saturated heterocycles. The Morgan fingerprint density at radius 3 is 2.64 bits per heavy atom. The quantitative estimate of drug-likeness (QED) is 0.719. The number of nitrogens with one attached hydrogen (secondary N) is 2. The molecule has 0 aliphatic carbocycles. The van der Waals surface area contributed by atoms with E-state index in [1.165, 1.54) is 0 Å². The zero-order valence-corrected chi connectivity index (χ0v) is 14.0. The van der Waals surface area contributed by atoms with Crippen LogP contribution in [0.25, 0.3) is 0 Å². The summed E-state index contributed by atoms with van der Waals surface area (Å²) in [5.41, 5.74) is 0.884. The predicted octanol–water partition coefficient (Wildman–Crippen LogP) is 2.18. The maximum atomic E-state index is 13.5. The lowest BCUT2D eigenvalue weighted by Crippen LogP contribution is -3.08. The van der Waals surface area contributed by atoms with E-state index in [-0.39, 0.29) is 18.1 Å². The molecule has 2 aromatic rings. The van der Waals surface area contributed by atoms with Crippen molar-refractivity contribution < 1.29 is 23.2 Å². The molecule has 0 aromatic heterocycles. The molecule has 0 aliphatic heterocycles. The molecule has 6 heteroatoms. The van der Waals surface area contributed by atoms with Gasteiger partial charge in [0.2, 0.25) is 0 Å². The van der Waals surface area contributed by atoms with Crippen LogP contribution in [0.2, 0.25) is 0 Å². The van der Waals surface area contributed by atoms with E-state index in [4.69, 9.17) is 4.74 Å². The molecule has 1 atom stereocenters. The van der Waals surface area contributed by atoms with Gasteiger partial charge in [-0.25, -0.2) is 8.78 Å². The van der Waals surface area contributed by atoms with Gasteiger partial charge in [0.1, 0.15) is 30.5 Å². The van der Waals surface area contributed by atoms with Gasteiger partial charge in [-0.3, -0.25) is 4.79 Å². The first-order valence-corrected chi connectivity index (χ1v) is 7.86. The van der Waals surface area contributed by atoms with Crippen LogP contribution in [0.5, 0.6) is 5.75 Å². The van der Waals surface area contributed by atoms with Crippen molar-refractivity contribution >= 4 is 11.6 Å². The number of rotatable bonds is 8. The Bertz CT molecular complexity index is 733. The van der Waals surface area contributed by atoms with Crippen LogP contribution in [-0.2, 0) is 11.3 Å². The Morgan fingerprint density at radius 1 is 1.24 bits per heavy atom. The van der Waals surface area contributed by atoms with Crippen LogP contribution in [0.4, 0.5) is 14.5 Å². The molecule has 0 fully saturated rings. The summed E-state index contributed by atoms with van der Waals surface area (Å²) in [4.78, 5) is 12.9. The highest BCUT2D eigenvalue weighted by atomic mass is 19.1. The molecule has 0 bridgehead atoms. The number of hydrogen-bond donors (Lipinski definition) is 2.